The molecular weight excluding hydrogens is 235 g/mol. The molecule has 0 aromatic carbocycles. The zero-order chi connectivity index (χ0) is 13.6. The first-order valence-corrected chi connectivity index (χ1v) is 9.88. The van der Waals surface area contributed by atoms with Crippen molar-refractivity contribution < 1.29 is 0 Å². The van der Waals surface area contributed by atoms with Gasteiger partial charge in [-0.1, -0.05) is 85.5 Å². The SMILES string of the molecule is CCCCCCCCC(CCC)C(C)CPCC. The molecule has 0 fully saturated rings. The highest BCUT2D eigenvalue weighted by Crippen LogP contribution is 2.28. The number of hydrogen-bond donors (Lipinski definition) is 0. The Morgan fingerprint density at radius 2 is 1.44 bits per heavy atom. The Bertz CT molecular complexity index is 156. The number of unbranched alkanes of at least 4 members (excludes halogenated alkanes) is 5. The van der Waals surface area contributed by atoms with Crippen molar-refractivity contribution in [3.05, 3.63) is 0 Å². The second kappa shape index (κ2) is 13.9. The molecule has 0 heterocycles. The standard InChI is InChI=1S/C17H37P/c1-5-8-9-10-11-12-14-17(13-6-2)16(4)15-18-7-3/h16-18H,5-15H2,1-4H3. The van der Waals surface area contributed by atoms with E-state index in [2.05, 4.69) is 27.7 Å². The summed E-state index contributed by atoms with van der Waals surface area (Å²) in [5, 5.41) is 0. The maximum atomic E-state index is 2.50. The van der Waals surface area contributed by atoms with Gasteiger partial charge in [0.05, 0.1) is 0 Å². The third kappa shape index (κ3) is 10.4. The van der Waals surface area contributed by atoms with Gasteiger partial charge in [0, 0.05) is 0 Å². The smallest absolute Gasteiger partial charge is 0.0325 e. The van der Waals surface area contributed by atoms with E-state index in [1.165, 1.54) is 78.7 Å². The molecular formula is C17H37P. The lowest BCUT2D eigenvalue weighted by Crippen LogP contribution is -2.14. The van der Waals surface area contributed by atoms with Gasteiger partial charge in [0.15, 0.2) is 0 Å². The molecule has 3 unspecified atom stereocenters. The first kappa shape index (κ1) is 18.4. The van der Waals surface area contributed by atoms with Gasteiger partial charge >= 0.3 is 0 Å². The minimum atomic E-state index is 0.971. The molecule has 18 heavy (non-hydrogen) atoms. The van der Waals surface area contributed by atoms with Crippen molar-refractivity contribution in [2.24, 2.45) is 11.8 Å². The summed E-state index contributed by atoms with van der Waals surface area (Å²) in [6.45, 7) is 9.48. The molecule has 3 atom stereocenters. The van der Waals surface area contributed by atoms with Crippen molar-refractivity contribution in [3.8, 4) is 0 Å². The Balaban J connectivity index is 3.67. The molecule has 0 rings (SSSR count). The molecule has 0 aliphatic rings. The van der Waals surface area contributed by atoms with Gasteiger partial charge in [-0.25, -0.2) is 0 Å². The van der Waals surface area contributed by atoms with Gasteiger partial charge < -0.3 is 0 Å². The minimum Gasteiger partial charge on any atom is -0.122 e. The topological polar surface area (TPSA) is 0 Å². The Hall–Kier alpha value is 0.430. The van der Waals surface area contributed by atoms with Gasteiger partial charge in [0.2, 0.25) is 0 Å². The van der Waals surface area contributed by atoms with Crippen molar-refractivity contribution >= 4 is 8.58 Å². The molecule has 0 N–H and O–H groups in total. The average Bonchev–Trinajstić information content (AvgIpc) is 2.38. The summed E-state index contributed by atoms with van der Waals surface area (Å²) in [4.78, 5) is 0. The maximum Gasteiger partial charge on any atom is -0.0325 e. The zero-order valence-electron chi connectivity index (χ0n) is 13.4. The van der Waals surface area contributed by atoms with Crippen LogP contribution in [0.1, 0.15) is 85.5 Å². The van der Waals surface area contributed by atoms with Gasteiger partial charge in [0.1, 0.15) is 0 Å². The van der Waals surface area contributed by atoms with Crippen molar-refractivity contribution in [3.63, 3.8) is 0 Å². The molecule has 0 aromatic rings. The lowest BCUT2D eigenvalue weighted by Gasteiger charge is -2.23. The van der Waals surface area contributed by atoms with E-state index >= 15 is 0 Å². The van der Waals surface area contributed by atoms with E-state index in [9.17, 15) is 0 Å². The van der Waals surface area contributed by atoms with Crippen LogP contribution in [0.3, 0.4) is 0 Å². The molecule has 0 aliphatic carbocycles. The monoisotopic (exact) mass is 272 g/mol. The van der Waals surface area contributed by atoms with E-state index in [0.29, 0.717) is 0 Å². The van der Waals surface area contributed by atoms with Crippen LogP contribution in [0.5, 0.6) is 0 Å². The Morgan fingerprint density at radius 1 is 0.778 bits per heavy atom. The maximum absolute atomic E-state index is 2.50. The lowest BCUT2D eigenvalue weighted by molar-refractivity contribution is 0.325. The predicted octanol–water partition coefficient (Wildman–Crippen LogP) is 6.49. The van der Waals surface area contributed by atoms with Crippen LogP contribution in [0.25, 0.3) is 0 Å². The van der Waals surface area contributed by atoms with Crippen molar-refractivity contribution in [1.82, 2.24) is 0 Å². The molecule has 0 aromatic heterocycles. The van der Waals surface area contributed by atoms with Crippen LogP contribution in [0.2, 0.25) is 0 Å². The van der Waals surface area contributed by atoms with Gasteiger partial charge in [0.25, 0.3) is 0 Å². The second-order valence-electron chi connectivity index (χ2n) is 5.89. The summed E-state index contributed by atoms with van der Waals surface area (Å²) in [5.74, 6) is 1.99. The van der Waals surface area contributed by atoms with Crippen LogP contribution in [0, 0.1) is 11.8 Å². The lowest BCUT2D eigenvalue weighted by atomic mass is 9.86. The average molecular weight is 272 g/mol. The van der Waals surface area contributed by atoms with Crippen LogP contribution in [0.15, 0.2) is 0 Å². The summed E-state index contributed by atoms with van der Waals surface area (Å²) >= 11 is 0. The Labute approximate surface area is 118 Å². The summed E-state index contributed by atoms with van der Waals surface area (Å²) in [7, 11) is 1.20. The van der Waals surface area contributed by atoms with E-state index in [0.717, 1.165) is 11.8 Å². The van der Waals surface area contributed by atoms with Crippen LogP contribution < -0.4 is 0 Å². The molecule has 0 aliphatic heterocycles. The molecule has 1 heteroatoms. The third-order valence-electron chi connectivity index (χ3n) is 4.11. The van der Waals surface area contributed by atoms with E-state index in [-0.39, 0.29) is 0 Å². The highest BCUT2D eigenvalue weighted by atomic mass is 31.1. The fraction of sp³-hybridized carbons (Fsp3) is 1.00. The molecule has 0 radical (unpaired) electrons. The van der Waals surface area contributed by atoms with Crippen molar-refractivity contribution in [2.45, 2.75) is 85.5 Å². The molecule has 0 bridgehead atoms. The highest BCUT2D eigenvalue weighted by molar-refractivity contribution is 7.37. The van der Waals surface area contributed by atoms with Crippen LogP contribution in [0.4, 0.5) is 0 Å². The first-order chi connectivity index (χ1) is 8.76. The van der Waals surface area contributed by atoms with E-state index in [4.69, 9.17) is 0 Å². The Morgan fingerprint density at radius 3 is 2.06 bits per heavy atom. The van der Waals surface area contributed by atoms with Gasteiger partial charge in [-0.05, 0) is 24.2 Å². The summed E-state index contributed by atoms with van der Waals surface area (Å²) in [5.41, 5.74) is 0. The summed E-state index contributed by atoms with van der Waals surface area (Å²) in [6, 6.07) is 0. The predicted molar refractivity (Wildman–Crippen MR) is 89.3 cm³/mol. The fourth-order valence-electron chi connectivity index (χ4n) is 2.81. The van der Waals surface area contributed by atoms with E-state index < -0.39 is 0 Å². The number of rotatable bonds is 13. The molecule has 110 valence electrons. The molecule has 0 spiro atoms. The van der Waals surface area contributed by atoms with Crippen molar-refractivity contribution in [1.29, 1.82) is 0 Å². The molecule has 0 saturated heterocycles. The van der Waals surface area contributed by atoms with E-state index in [1.54, 1.807) is 0 Å². The number of hydrogen-bond acceptors (Lipinski definition) is 0. The van der Waals surface area contributed by atoms with Crippen LogP contribution >= 0.6 is 8.58 Å². The van der Waals surface area contributed by atoms with Crippen LogP contribution in [-0.2, 0) is 0 Å². The minimum absolute atomic E-state index is 0.971. The third-order valence-corrected chi connectivity index (χ3v) is 5.54. The Kier molecular flexibility index (Phi) is 14.2. The summed E-state index contributed by atoms with van der Waals surface area (Å²) < 4.78 is 0. The first-order valence-electron chi connectivity index (χ1n) is 8.46. The molecule has 0 saturated carbocycles. The fourth-order valence-corrected chi connectivity index (χ4v) is 3.89. The van der Waals surface area contributed by atoms with E-state index in [1.807, 2.05) is 0 Å². The largest absolute Gasteiger partial charge is 0.122 e. The summed E-state index contributed by atoms with van der Waals surface area (Å²) in [6.07, 6.45) is 15.9. The van der Waals surface area contributed by atoms with Gasteiger partial charge in [-0.2, -0.15) is 0 Å². The second-order valence-corrected chi connectivity index (χ2v) is 7.51. The van der Waals surface area contributed by atoms with Crippen molar-refractivity contribution in [2.75, 3.05) is 12.3 Å². The molecule has 0 nitrogen and oxygen atoms in total. The highest BCUT2D eigenvalue weighted by Gasteiger charge is 2.15. The van der Waals surface area contributed by atoms with Crippen LogP contribution in [-0.4, -0.2) is 12.3 Å². The quantitative estimate of drug-likeness (QED) is 0.265. The molecule has 0 amide bonds. The normalized spacial score (nSPS) is 15.3. The van der Waals surface area contributed by atoms with Gasteiger partial charge in [-0.15, -0.1) is 8.58 Å². The van der Waals surface area contributed by atoms with Gasteiger partial charge in [-0.3, -0.25) is 0 Å². The zero-order valence-corrected chi connectivity index (χ0v) is 14.4.